The number of aryl methyl sites for hydroxylation is 1. The maximum Gasteiger partial charge on any atom is 0.335 e. The zero-order chi connectivity index (χ0) is 20.2. The summed E-state index contributed by atoms with van der Waals surface area (Å²) in [5.41, 5.74) is 1.80. The number of para-hydroxylation sites is 1. The van der Waals surface area contributed by atoms with Crippen molar-refractivity contribution in [1.82, 2.24) is 4.90 Å². The molecular formula is C23H20N2O3S. The van der Waals surface area contributed by atoms with E-state index in [0.29, 0.717) is 22.7 Å². The maximum absolute atomic E-state index is 13.7. The molecule has 2 atom stereocenters. The van der Waals surface area contributed by atoms with Crippen molar-refractivity contribution in [2.24, 2.45) is 0 Å². The molecule has 3 aromatic rings. The molecule has 6 heteroatoms. The third-order valence-corrected chi connectivity index (χ3v) is 6.46. The van der Waals surface area contributed by atoms with E-state index in [-0.39, 0.29) is 18.0 Å². The number of imide groups is 1. The van der Waals surface area contributed by atoms with E-state index in [9.17, 15) is 9.59 Å². The van der Waals surface area contributed by atoms with Gasteiger partial charge in [0.1, 0.15) is 5.75 Å². The predicted molar refractivity (Wildman–Crippen MR) is 112 cm³/mol. The molecule has 0 spiro atoms. The van der Waals surface area contributed by atoms with Crippen LogP contribution in [0.15, 0.2) is 66.0 Å². The molecule has 2 aliphatic heterocycles. The lowest BCUT2D eigenvalue weighted by Gasteiger charge is -2.53. The summed E-state index contributed by atoms with van der Waals surface area (Å²) in [5.74, 6) is 0.436. The predicted octanol–water partition coefficient (Wildman–Crippen LogP) is 5.38. The first-order valence-electron chi connectivity index (χ1n) is 9.54. The molecule has 5 rings (SSSR count). The lowest BCUT2D eigenvalue weighted by Crippen LogP contribution is -2.67. The first-order valence-corrected chi connectivity index (χ1v) is 10.4. The number of carbonyl (C=O) groups excluding carboxylic acids is 2. The molecule has 1 saturated heterocycles. The lowest BCUT2D eigenvalue weighted by atomic mass is 9.88. The number of amides is 3. The molecule has 0 saturated carbocycles. The molecule has 2 aliphatic rings. The Kier molecular flexibility index (Phi) is 3.99. The number of benzene rings is 2. The number of nitrogens with zero attached hydrogens (tertiary/aromatic N) is 2. The fourth-order valence-electron chi connectivity index (χ4n) is 4.23. The average Bonchev–Trinajstić information content (AvgIpc) is 3.24. The molecule has 1 fully saturated rings. The van der Waals surface area contributed by atoms with Gasteiger partial charge in [0.05, 0.1) is 10.9 Å². The van der Waals surface area contributed by atoms with Crippen LogP contribution in [-0.2, 0) is 0 Å². The molecule has 2 aromatic carbocycles. The van der Waals surface area contributed by atoms with Crippen LogP contribution in [-0.4, -0.2) is 22.6 Å². The van der Waals surface area contributed by atoms with Crippen LogP contribution in [0.5, 0.6) is 5.75 Å². The molecular weight excluding hydrogens is 384 g/mol. The van der Waals surface area contributed by atoms with Crippen molar-refractivity contribution in [3.63, 3.8) is 0 Å². The van der Waals surface area contributed by atoms with Gasteiger partial charge in [0, 0.05) is 17.7 Å². The maximum atomic E-state index is 13.7. The summed E-state index contributed by atoms with van der Waals surface area (Å²) in [7, 11) is 0. The second-order valence-electron chi connectivity index (χ2n) is 7.64. The third kappa shape index (κ3) is 2.75. The summed E-state index contributed by atoms with van der Waals surface area (Å²) in [4.78, 5) is 30.7. The zero-order valence-corrected chi connectivity index (χ0v) is 17.0. The van der Waals surface area contributed by atoms with E-state index < -0.39 is 5.72 Å². The third-order valence-electron chi connectivity index (χ3n) is 5.60. The van der Waals surface area contributed by atoms with Gasteiger partial charge in [0.15, 0.2) is 5.72 Å². The highest BCUT2D eigenvalue weighted by molar-refractivity contribution is 7.12. The minimum atomic E-state index is -0.877. The van der Waals surface area contributed by atoms with Gasteiger partial charge < -0.3 is 4.74 Å². The standard InChI is InChI=1S/C23H20N2O3S/c1-15-9-11-16(12-10-15)25-22(27)24(21(26)20-8-5-13-29-20)18-14-23(25,2)28-19-7-4-3-6-17(18)19/h3-13,18H,14H2,1-2H3/t18-,23+/m0/s1. The van der Waals surface area contributed by atoms with Gasteiger partial charge in [-0.25, -0.2) is 4.79 Å². The number of ether oxygens (including phenoxy) is 1. The van der Waals surface area contributed by atoms with E-state index in [1.807, 2.05) is 73.8 Å². The number of urea groups is 1. The molecule has 29 heavy (non-hydrogen) atoms. The van der Waals surface area contributed by atoms with Gasteiger partial charge in [0.25, 0.3) is 5.91 Å². The molecule has 146 valence electrons. The van der Waals surface area contributed by atoms with Crippen molar-refractivity contribution >= 4 is 29.0 Å². The van der Waals surface area contributed by atoms with Gasteiger partial charge in [-0.1, -0.05) is 42.0 Å². The molecule has 0 N–H and O–H groups in total. The van der Waals surface area contributed by atoms with Gasteiger partial charge in [-0.15, -0.1) is 11.3 Å². The smallest absolute Gasteiger partial charge is 0.335 e. The minimum absolute atomic E-state index is 0.272. The number of rotatable bonds is 2. The van der Waals surface area contributed by atoms with Crippen molar-refractivity contribution in [2.45, 2.75) is 32.0 Å². The van der Waals surface area contributed by atoms with Crippen LogP contribution in [0, 0.1) is 6.92 Å². The summed E-state index contributed by atoms with van der Waals surface area (Å²) >= 11 is 1.34. The largest absolute Gasteiger partial charge is 0.467 e. The second-order valence-corrected chi connectivity index (χ2v) is 8.59. The number of hydrogen-bond acceptors (Lipinski definition) is 4. The first-order chi connectivity index (χ1) is 14.0. The van der Waals surface area contributed by atoms with Crippen molar-refractivity contribution in [3.8, 4) is 5.75 Å². The molecule has 3 heterocycles. The molecule has 5 nitrogen and oxygen atoms in total. The molecule has 3 amide bonds. The summed E-state index contributed by atoms with van der Waals surface area (Å²) in [5, 5.41) is 1.85. The number of carbonyl (C=O) groups is 2. The number of anilines is 1. The van der Waals surface area contributed by atoms with E-state index in [1.54, 1.807) is 11.0 Å². The minimum Gasteiger partial charge on any atom is -0.467 e. The van der Waals surface area contributed by atoms with Gasteiger partial charge in [-0.05, 0) is 43.5 Å². The van der Waals surface area contributed by atoms with Crippen LogP contribution < -0.4 is 9.64 Å². The molecule has 0 radical (unpaired) electrons. The van der Waals surface area contributed by atoms with Crippen LogP contribution in [0.1, 0.15) is 40.2 Å². The normalized spacial score (nSPS) is 22.8. The van der Waals surface area contributed by atoms with Gasteiger partial charge in [-0.3, -0.25) is 14.6 Å². The Morgan fingerprint density at radius 3 is 2.59 bits per heavy atom. The summed E-state index contributed by atoms with van der Waals surface area (Å²) in [6.07, 6.45) is 0.501. The topological polar surface area (TPSA) is 49.9 Å². The Morgan fingerprint density at radius 2 is 1.86 bits per heavy atom. The highest BCUT2D eigenvalue weighted by Crippen LogP contribution is 2.49. The van der Waals surface area contributed by atoms with Crippen LogP contribution in [0.4, 0.5) is 10.5 Å². The van der Waals surface area contributed by atoms with Gasteiger partial charge >= 0.3 is 6.03 Å². The lowest BCUT2D eigenvalue weighted by molar-refractivity contribution is 0.00284. The van der Waals surface area contributed by atoms with Crippen molar-refractivity contribution in [1.29, 1.82) is 0 Å². The summed E-state index contributed by atoms with van der Waals surface area (Å²) in [6.45, 7) is 3.92. The SMILES string of the molecule is Cc1ccc(N2C(=O)N(C(=O)c3cccs3)[C@H]3C[C@@]2(C)Oc2ccccc23)cc1. The fraction of sp³-hybridized carbons (Fsp3) is 0.217. The summed E-state index contributed by atoms with van der Waals surface area (Å²) in [6, 6.07) is 18.2. The number of fused-ring (bicyclic) bond motifs is 4. The van der Waals surface area contributed by atoms with E-state index in [1.165, 1.54) is 16.2 Å². The Morgan fingerprint density at radius 1 is 1.10 bits per heavy atom. The monoisotopic (exact) mass is 404 g/mol. The van der Waals surface area contributed by atoms with E-state index in [4.69, 9.17) is 4.74 Å². The Balaban J connectivity index is 1.68. The summed E-state index contributed by atoms with van der Waals surface area (Å²) < 4.78 is 6.35. The highest BCUT2D eigenvalue weighted by Gasteiger charge is 2.55. The van der Waals surface area contributed by atoms with Gasteiger partial charge in [-0.2, -0.15) is 0 Å². The van der Waals surface area contributed by atoms with E-state index >= 15 is 0 Å². The second kappa shape index (κ2) is 6.46. The number of thiophene rings is 1. The molecule has 2 bridgehead atoms. The zero-order valence-electron chi connectivity index (χ0n) is 16.2. The first kappa shape index (κ1) is 17.9. The number of hydrogen-bond donors (Lipinski definition) is 0. The van der Waals surface area contributed by atoms with Crippen LogP contribution in [0.25, 0.3) is 0 Å². The van der Waals surface area contributed by atoms with Crippen molar-refractivity contribution in [3.05, 3.63) is 82.0 Å². The molecule has 0 aliphatic carbocycles. The molecule has 1 aromatic heterocycles. The van der Waals surface area contributed by atoms with Crippen molar-refractivity contribution < 1.29 is 14.3 Å². The Hall–Kier alpha value is -3.12. The van der Waals surface area contributed by atoms with Crippen LogP contribution >= 0.6 is 11.3 Å². The quantitative estimate of drug-likeness (QED) is 0.576. The average molecular weight is 404 g/mol. The van der Waals surface area contributed by atoms with Crippen LogP contribution in [0.3, 0.4) is 0 Å². The Labute approximate surface area is 173 Å². The molecule has 0 unspecified atom stereocenters. The van der Waals surface area contributed by atoms with E-state index in [0.717, 1.165) is 11.1 Å². The van der Waals surface area contributed by atoms with E-state index in [2.05, 4.69) is 0 Å². The van der Waals surface area contributed by atoms with Crippen molar-refractivity contribution in [2.75, 3.05) is 4.90 Å². The highest BCUT2D eigenvalue weighted by atomic mass is 32.1. The van der Waals surface area contributed by atoms with Crippen LogP contribution in [0.2, 0.25) is 0 Å². The Bertz CT molecular complexity index is 1090. The fourth-order valence-corrected chi connectivity index (χ4v) is 4.89. The van der Waals surface area contributed by atoms with Gasteiger partial charge in [0.2, 0.25) is 0 Å².